The van der Waals surface area contributed by atoms with E-state index in [1.54, 1.807) is 13.2 Å². The van der Waals surface area contributed by atoms with Crippen LogP contribution in [0.25, 0.3) is 0 Å². The van der Waals surface area contributed by atoms with Gasteiger partial charge in [0.2, 0.25) is 5.78 Å². The molecular formula is C13H16O2. The molecule has 0 atom stereocenters. The molecule has 0 amide bonds. The summed E-state index contributed by atoms with van der Waals surface area (Å²) >= 11 is 0. The Morgan fingerprint density at radius 1 is 1.53 bits per heavy atom. The zero-order valence-electron chi connectivity index (χ0n) is 9.46. The zero-order valence-corrected chi connectivity index (χ0v) is 9.46. The zero-order chi connectivity index (χ0) is 11.3. The summed E-state index contributed by atoms with van der Waals surface area (Å²) < 4.78 is 5.34. The lowest BCUT2D eigenvalue weighted by Gasteiger charge is -2.20. The van der Waals surface area contributed by atoms with Crippen LogP contribution in [0.2, 0.25) is 0 Å². The Morgan fingerprint density at radius 3 is 2.80 bits per heavy atom. The Hall–Kier alpha value is -1.49. The summed E-state index contributed by atoms with van der Waals surface area (Å²) in [5, 5.41) is 0. The van der Waals surface area contributed by atoms with E-state index in [4.69, 9.17) is 4.42 Å². The van der Waals surface area contributed by atoms with E-state index in [1.165, 1.54) is 0 Å². The third-order valence-corrected chi connectivity index (χ3v) is 2.43. The van der Waals surface area contributed by atoms with Gasteiger partial charge in [0.1, 0.15) is 5.76 Å². The predicted octanol–water partition coefficient (Wildman–Crippen LogP) is 2.93. The molecule has 2 heteroatoms. The molecule has 0 aromatic carbocycles. The summed E-state index contributed by atoms with van der Waals surface area (Å²) in [6.07, 6.45) is 2.90. The Morgan fingerprint density at radius 2 is 2.27 bits per heavy atom. The highest BCUT2D eigenvalue weighted by molar-refractivity contribution is 5.95. The van der Waals surface area contributed by atoms with Gasteiger partial charge in [-0.3, -0.25) is 4.79 Å². The first-order valence-electron chi connectivity index (χ1n) is 5.06. The van der Waals surface area contributed by atoms with Gasteiger partial charge in [-0.25, -0.2) is 0 Å². The number of carbonyl (C=O) groups excluding carboxylic acids is 1. The molecule has 0 fully saturated rings. The second-order valence-electron chi connectivity index (χ2n) is 4.16. The van der Waals surface area contributed by atoms with Crippen molar-refractivity contribution in [2.24, 2.45) is 0 Å². The molecule has 0 bridgehead atoms. The average molecular weight is 204 g/mol. The monoisotopic (exact) mass is 204 g/mol. The third kappa shape index (κ3) is 3.28. The van der Waals surface area contributed by atoms with E-state index in [2.05, 4.69) is 25.7 Å². The summed E-state index contributed by atoms with van der Waals surface area (Å²) in [5.41, 5.74) is -0.103. The topological polar surface area (TPSA) is 30.2 Å². The summed E-state index contributed by atoms with van der Waals surface area (Å²) in [6.45, 7) is 5.81. The van der Waals surface area contributed by atoms with Crippen molar-refractivity contribution in [1.82, 2.24) is 0 Å². The van der Waals surface area contributed by atoms with Crippen LogP contribution >= 0.6 is 0 Å². The number of carbonyl (C=O) groups is 1. The highest BCUT2D eigenvalue weighted by atomic mass is 16.3. The summed E-state index contributed by atoms with van der Waals surface area (Å²) in [5.74, 6) is 6.07. The van der Waals surface area contributed by atoms with Gasteiger partial charge >= 0.3 is 0 Å². The molecule has 0 saturated carbocycles. The fraction of sp³-hybridized carbons (Fsp3) is 0.462. The lowest BCUT2D eigenvalue weighted by Crippen LogP contribution is -2.17. The van der Waals surface area contributed by atoms with E-state index in [9.17, 15) is 4.79 Å². The van der Waals surface area contributed by atoms with Gasteiger partial charge in [0.05, 0.1) is 6.26 Å². The van der Waals surface area contributed by atoms with Gasteiger partial charge in [-0.2, -0.15) is 0 Å². The molecule has 0 saturated heterocycles. The Labute approximate surface area is 90.7 Å². The first kappa shape index (κ1) is 11.6. The van der Waals surface area contributed by atoms with Crippen LogP contribution in [0.1, 0.15) is 39.4 Å². The molecule has 1 aromatic heterocycles. The average Bonchev–Trinajstić information content (AvgIpc) is 2.69. The lowest BCUT2D eigenvalue weighted by molar-refractivity contribution is -0.114. The van der Waals surface area contributed by atoms with E-state index in [-0.39, 0.29) is 11.2 Å². The number of hydrogen-bond donors (Lipinski definition) is 0. The number of ketones is 1. The molecule has 1 aromatic rings. The maximum absolute atomic E-state index is 11.3. The van der Waals surface area contributed by atoms with Crippen molar-refractivity contribution in [1.29, 1.82) is 0 Å². The highest BCUT2D eigenvalue weighted by Crippen LogP contribution is 2.28. The second-order valence-corrected chi connectivity index (χ2v) is 4.16. The van der Waals surface area contributed by atoms with E-state index < -0.39 is 0 Å². The van der Waals surface area contributed by atoms with Crippen LogP contribution in [-0.2, 0) is 10.2 Å². The molecule has 1 rings (SSSR count). The van der Waals surface area contributed by atoms with Crippen molar-refractivity contribution in [2.75, 3.05) is 0 Å². The van der Waals surface area contributed by atoms with Gasteiger partial charge in [-0.05, 0) is 31.4 Å². The van der Waals surface area contributed by atoms with Crippen LogP contribution in [-0.4, -0.2) is 5.78 Å². The van der Waals surface area contributed by atoms with Crippen LogP contribution < -0.4 is 0 Å². The SMILES string of the molecule is CC#CC(=O)CCC(C)(C)c1ccco1. The van der Waals surface area contributed by atoms with Crippen molar-refractivity contribution in [3.05, 3.63) is 24.2 Å². The number of furan rings is 1. The molecule has 0 aliphatic carbocycles. The van der Waals surface area contributed by atoms with Gasteiger partial charge in [-0.1, -0.05) is 19.8 Å². The van der Waals surface area contributed by atoms with Crippen molar-refractivity contribution in [3.63, 3.8) is 0 Å². The molecule has 0 unspecified atom stereocenters. The van der Waals surface area contributed by atoms with E-state index in [0.717, 1.165) is 12.2 Å². The quantitative estimate of drug-likeness (QED) is 0.557. The van der Waals surface area contributed by atoms with E-state index in [0.29, 0.717) is 6.42 Å². The van der Waals surface area contributed by atoms with E-state index in [1.807, 2.05) is 12.1 Å². The number of rotatable bonds is 4. The van der Waals surface area contributed by atoms with Crippen LogP contribution in [0.15, 0.2) is 22.8 Å². The molecule has 0 spiro atoms. The van der Waals surface area contributed by atoms with E-state index >= 15 is 0 Å². The van der Waals surface area contributed by atoms with Gasteiger partial charge in [0, 0.05) is 11.8 Å². The van der Waals surface area contributed by atoms with Crippen LogP contribution in [0, 0.1) is 11.8 Å². The predicted molar refractivity (Wildman–Crippen MR) is 59.4 cm³/mol. The fourth-order valence-electron chi connectivity index (χ4n) is 1.41. The molecule has 0 radical (unpaired) electrons. The maximum Gasteiger partial charge on any atom is 0.205 e. The normalized spacial score (nSPS) is 10.6. The molecule has 15 heavy (non-hydrogen) atoms. The van der Waals surface area contributed by atoms with Gasteiger partial charge in [0.15, 0.2) is 0 Å². The largest absolute Gasteiger partial charge is 0.469 e. The van der Waals surface area contributed by atoms with Gasteiger partial charge < -0.3 is 4.42 Å². The minimum absolute atomic E-state index is 0.00266. The van der Waals surface area contributed by atoms with Crippen molar-refractivity contribution in [2.45, 2.75) is 39.0 Å². The van der Waals surface area contributed by atoms with Crippen LogP contribution in [0.3, 0.4) is 0 Å². The molecule has 0 aliphatic rings. The first-order chi connectivity index (χ1) is 7.06. The van der Waals surface area contributed by atoms with Crippen LogP contribution in [0.4, 0.5) is 0 Å². The Balaban J connectivity index is 2.57. The minimum atomic E-state index is -0.103. The summed E-state index contributed by atoms with van der Waals surface area (Å²) in [4.78, 5) is 11.3. The highest BCUT2D eigenvalue weighted by Gasteiger charge is 2.23. The standard InChI is InChI=1S/C13H16O2/c1-4-6-11(14)8-9-13(2,3)12-7-5-10-15-12/h5,7,10H,8-9H2,1-3H3. The lowest BCUT2D eigenvalue weighted by atomic mass is 9.84. The smallest absolute Gasteiger partial charge is 0.205 e. The van der Waals surface area contributed by atoms with Crippen molar-refractivity contribution in [3.8, 4) is 11.8 Å². The third-order valence-electron chi connectivity index (χ3n) is 2.43. The molecule has 80 valence electrons. The Bertz CT molecular complexity index is 374. The van der Waals surface area contributed by atoms with Crippen molar-refractivity contribution >= 4 is 5.78 Å². The molecule has 2 nitrogen and oxygen atoms in total. The van der Waals surface area contributed by atoms with Gasteiger partial charge in [0.25, 0.3) is 0 Å². The summed E-state index contributed by atoms with van der Waals surface area (Å²) in [7, 11) is 0. The molecular weight excluding hydrogens is 188 g/mol. The number of hydrogen-bond acceptors (Lipinski definition) is 2. The molecule has 1 heterocycles. The van der Waals surface area contributed by atoms with Gasteiger partial charge in [-0.15, -0.1) is 0 Å². The van der Waals surface area contributed by atoms with Crippen LogP contribution in [0.5, 0.6) is 0 Å². The molecule has 0 N–H and O–H groups in total. The molecule has 0 aliphatic heterocycles. The maximum atomic E-state index is 11.3. The fourth-order valence-corrected chi connectivity index (χ4v) is 1.41. The number of Topliss-reactive ketones (excluding diaryl/α,β-unsaturated/α-hetero) is 1. The summed E-state index contributed by atoms with van der Waals surface area (Å²) in [6, 6.07) is 3.81. The van der Waals surface area contributed by atoms with Crippen molar-refractivity contribution < 1.29 is 9.21 Å². The minimum Gasteiger partial charge on any atom is -0.469 e. The second kappa shape index (κ2) is 4.84. The Kier molecular flexibility index (Phi) is 3.74. The first-order valence-corrected chi connectivity index (χ1v) is 5.06.